The van der Waals surface area contributed by atoms with Crippen molar-refractivity contribution in [2.24, 2.45) is 5.92 Å². The van der Waals surface area contributed by atoms with E-state index in [-0.39, 0.29) is 0 Å². The molecule has 0 aromatic rings. The van der Waals surface area contributed by atoms with E-state index >= 15 is 0 Å². The van der Waals surface area contributed by atoms with E-state index in [0.29, 0.717) is 0 Å². The number of hydrogen-bond acceptors (Lipinski definition) is 0. The van der Waals surface area contributed by atoms with Crippen LogP contribution >= 0.6 is 0 Å². The molecule has 0 fully saturated rings. The fourth-order valence-corrected chi connectivity index (χ4v) is 4.52. The Morgan fingerprint density at radius 2 is 0.733 bits per heavy atom. The standard InChI is InChI=1S/C30H60/c1-4-6-8-10-12-14-15-16-17-18-19-20-21-23-25-27-29-30(3)28-26-24-22-13-11-9-7-5-2/h21,23,30H,4-20,22,24-29H2,1-3H3/b23-21+. The van der Waals surface area contributed by atoms with Crippen molar-refractivity contribution in [1.82, 2.24) is 0 Å². The van der Waals surface area contributed by atoms with E-state index in [1.165, 1.54) is 154 Å². The fourth-order valence-electron chi connectivity index (χ4n) is 4.52. The summed E-state index contributed by atoms with van der Waals surface area (Å²) in [6.07, 6.45) is 39.3. The summed E-state index contributed by atoms with van der Waals surface area (Å²) in [6.45, 7) is 7.07. The Bertz CT molecular complexity index is 316. The Hall–Kier alpha value is -0.260. The van der Waals surface area contributed by atoms with Crippen LogP contribution in [0.1, 0.15) is 175 Å². The van der Waals surface area contributed by atoms with Crippen LogP contribution < -0.4 is 0 Å². The molecule has 0 nitrogen and oxygen atoms in total. The minimum atomic E-state index is 0.935. The van der Waals surface area contributed by atoms with Crippen LogP contribution in [-0.4, -0.2) is 0 Å². The third kappa shape index (κ3) is 25.8. The molecule has 0 N–H and O–H groups in total. The van der Waals surface area contributed by atoms with Gasteiger partial charge in [-0.3, -0.25) is 0 Å². The molecule has 0 saturated carbocycles. The maximum atomic E-state index is 2.47. The van der Waals surface area contributed by atoms with Gasteiger partial charge in [0.25, 0.3) is 0 Å². The van der Waals surface area contributed by atoms with Crippen molar-refractivity contribution >= 4 is 0 Å². The molecule has 0 rings (SSSR count). The summed E-state index contributed by atoms with van der Waals surface area (Å²) in [7, 11) is 0. The lowest BCUT2D eigenvalue weighted by Crippen LogP contribution is -1.94. The van der Waals surface area contributed by atoms with Crippen LogP contribution in [0.5, 0.6) is 0 Å². The molecule has 1 unspecified atom stereocenters. The topological polar surface area (TPSA) is 0 Å². The second-order valence-electron chi connectivity index (χ2n) is 10.1. The van der Waals surface area contributed by atoms with E-state index in [4.69, 9.17) is 0 Å². The van der Waals surface area contributed by atoms with Gasteiger partial charge in [-0.1, -0.05) is 161 Å². The van der Waals surface area contributed by atoms with Crippen molar-refractivity contribution in [3.8, 4) is 0 Å². The minimum Gasteiger partial charge on any atom is -0.0885 e. The summed E-state index contributed by atoms with van der Waals surface area (Å²) >= 11 is 0. The summed E-state index contributed by atoms with van der Waals surface area (Å²) in [5.74, 6) is 0.935. The number of allylic oxidation sites excluding steroid dienone is 2. The molecule has 0 saturated heterocycles. The van der Waals surface area contributed by atoms with Crippen LogP contribution in [0.4, 0.5) is 0 Å². The molecule has 0 heteroatoms. The van der Waals surface area contributed by atoms with Gasteiger partial charge in [-0.15, -0.1) is 0 Å². The van der Waals surface area contributed by atoms with Crippen molar-refractivity contribution in [3.63, 3.8) is 0 Å². The maximum absolute atomic E-state index is 2.47. The van der Waals surface area contributed by atoms with Crippen LogP contribution in [0.3, 0.4) is 0 Å². The molecule has 180 valence electrons. The van der Waals surface area contributed by atoms with Crippen LogP contribution in [0, 0.1) is 5.92 Å². The highest BCUT2D eigenvalue weighted by Gasteiger charge is 2.01. The SMILES string of the molecule is CCCCCCCCCCCCC/C=C/CCCC(C)CCCCCCCCCC. The van der Waals surface area contributed by atoms with Crippen molar-refractivity contribution in [3.05, 3.63) is 12.2 Å². The van der Waals surface area contributed by atoms with Gasteiger partial charge in [-0.25, -0.2) is 0 Å². The molecule has 30 heavy (non-hydrogen) atoms. The zero-order chi connectivity index (χ0) is 22.0. The lowest BCUT2D eigenvalue weighted by atomic mass is 9.96. The van der Waals surface area contributed by atoms with Gasteiger partial charge in [0.1, 0.15) is 0 Å². The van der Waals surface area contributed by atoms with Crippen molar-refractivity contribution < 1.29 is 0 Å². The van der Waals surface area contributed by atoms with Crippen LogP contribution in [0.2, 0.25) is 0 Å². The molecule has 0 aliphatic rings. The van der Waals surface area contributed by atoms with E-state index in [1.807, 2.05) is 0 Å². The third-order valence-corrected chi connectivity index (χ3v) is 6.76. The van der Waals surface area contributed by atoms with Crippen LogP contribution in [0.15, 0.2) is 12.2 Å². The highest BCUT2D eigenvalue weighted by atomic mass is 14.1. The zero-order valence-corrected chi connectivity index (χ0v) is 21.7. The van der Waals surface area contributed by atoms with E-state index in [2.05, 4.69) is 32.9 Å². The molecule has 0 aliphatic heterocycles. The van der Waals surface area contributed by atoms with Crippen LogP contribution in [-0.2, 0) is 0 Å². The van der Waals surface area contributed by atoms with Crippen LogP contribution in [0.25, 0.3) is 0 Å². The summed E-state index contributed by atoms with van der Waals surface area (Å²) in [5.41, 5.74) is 0. The number of hydrogen-bond donors (Lipinski definition) is 0. The lowest BCUT2D eigenvalue weighted by Gasteiger charge is -2.10. The number of rotatable bonds is 25. The van der Waals surface area contributed by atoms with Gasteiger partial charge in [0, 0.05) is 0 Å². The van der Waals surface area contributed by atoms with E-state index in [1.54, 1.807) is 0 Å². The predicted molar refractivity (Wildman–Crippen MR) is 140 cm³/mol. The molecule has 0 aliphatic carbocycles. The van der Waals surface area contributed by atoms with Gasteiger partial charge in [0.2, 0.25) is 0 Å². The molecule has 0 aromatic heterocycles. The number of unbranched alkanes of at least 4 members (excludes halogenated alkanes) is 19. The molecular formula is C30H60. The first-order valence-corrected chi connectivity index (χ1v) is 14.5. The Labute approximate surface area is 193 Å². The normalized spacial score (nSPS) is 12.8. The summed E-state index contributed by atoms with van der Waals surface area (Å²) in [6, 6.07) is 0. The van der Waals surface area contributed by atoms with Crippen molar-refractivity contribution in [2.75, 3.05) is 0 Å². The molecule has 0 bridgehead atoms. The molecule has 0 amide bonds. The largest absolute Gasteiger partial charge is 0.0885 e. The first-order chi connectivity index (χ1) is 14.8. The highest BCUT2D eigenvalue weighted by molar-refractivity contribution is 4.81. The van der Waals surface area contributed by atoms with Gasteiger partial charge < -0.3 is 0 Å². The Morgan fingerprint density at radius 1 is 0.400 bits per heavy atom. The molecule has 0 heterocycles. The summed E-state index contributed by atoms with van der Waals surface area (Å²) in [4.78, 5) is 0. The average Bonchev–Trinajstić information content (AvgIpc) is 2.75. The van der Waals surface area contributed by atoms with E-state index < -0.39 is 0 Å². The van der Waals surface area contributed by atoms with Gasteiger partial charge in [-0.05, 0) is 31.6 Å². The summed E-state index contributed by atoms with van der Waals surface area (Å²) in [5, 5.41) is 0. The van der Waals surface area contributed by atoms with Gasteiger partial charge in [-0.2, -0.15) is 0 Å². The third-order valence-electron chi connectivity index (χ3n) is 6.76. The van der Waals surface area contributed by atoms with E-state index in [9.17, 15) is 0 Å². The Balaban J connectivity index is 3.20. The average molecular weight is 421 g/mol. The Kier molecular flexibility index (Phi) is 26.5. The first kappa shape index (κ1) is 29.7. The quantitative estimate of drug-likeness (QED) is 0.102. The van der Waals surface area contributed by atoms with Gasteiger partial charge >= 0.3 is 0 Å². The smallest absolute Gasteiger partial charge is 0.0351 e. The van der Waals surface area contributed by atoms with Gasteiger partial charge in [0.15, 0.2) is 0 Å². The fraction of sp³-hybridized carbons (Fsp3) is 0.933. The Morgan fingerprint density at radius 3 is 1.20 bits per heavy atom. The second-order valence-corrected chi connectivity index (χ2v) is 10.1. The lowest BCUT2D eigenvalue weighted by molar-refractivity contribution is 0.444. The van der Waals surface area contributed by atoms with Crippen molar-refractivity contribution in [1.29, 1.82) is 0 Å². The second kappa shape index (κ2) is 26.8. The monoisotopic (exact) mass is 420 g/mol. The maximum Gasteiger partial charge on any atom is -0.0351 e. The molecular weight excluding hydrogens is 360 g/mol. The van der Waals surface area contributed by atoms with Crippen molar-refractivity contribution in [2.45, 2.75) is 175 Å². The predicted octanol–water partition coefficient (Wildman–Crippen LogP) is 11.6. The highest BCUT2D eigenvalue weighted by Crippen LogP contribution is 2.18. The minimum absolute atomic E-state index is 0.935. The molecule has 1 atom stereocenters. The summed E-state index contributed by atoms with van der Waals surface area (Å²) < 4.78 is 0. The zero-order valence-electron chi connectivity index (χ0n) is 21.7. The van der Waals surface area contributed by atoms with E-state index in [0.717, 1.165) is 5.92 Å². The molecule has 0 radical (unpaired) electrons. The van der Waals surface area contributed by atoms with Gasteiger partial charge in [0.05, 0.1) is 0 Å². The first-order valence-electron chi connectivity index (χ1n) is 14.5. The molecule has 0 spiro atoms. The molecule has 0 aromatic carbocycles.